The third-order valence-corrected chi connectivity index (χ3v) is 8.15. The SMILES string of the molecule is CN(C)CCCNc1nc(CN2CCN(S(=O)(=O)c3ccc(C(F)(F)F)cc3)CC2)nc2ccccc12. The van der Waals surface area contributed by atoms with Crippen LogP contribution in [0.3, 0.4) is 0 Å². The summed E-state index contributed by atoms with van der Waals surface area (Å²) in [6, 6.07) is 11.4. The van der Waals surface area contributed by atoms with Crippen LogP contribution in [-0.2, 0) is 22.7 Å². The number of nitrogens with one attached hydrogen (secondary N) is 1. The van der Waals surface area contributed by atoms with Crippen LogP contribution in [-0.4, -0.2) is 85.9 Å². The first-order valence-electron chi connectivity index (χ1n) is 12.1. The van der Waals surface area contributed by atoms with E-state index in [9.17, 15) is 21.6 Å². The molecule has 4 rings (SSSR count). The number of alkyl halides is 3. The molecular weight excluding hydrogens is 505 g/mol. The molecule has 3 aromatic rings. The molecule has 12 heteroatoms. The number of piperazine rings is 1. The Morgan fingerprint density at radius 3 is 2.30 bits per heavy atom. The predicted octanol–water partition coefficient (Wildman–Crippen LogP) is 3.52. The minimum absolute atomic E-state index is 0.142. The van der Waals surface area contributed by atoms with E-state index in [0.29, 0.717) is 25.5 Å². The highest BCUT2D eigenvalue weighted by Gasteiger charge is 2.32. The van der Waals surface area contributed by atoms with Gasteiger partial charge in [-0.1, -0.05) is 12.1 Å². The standard InChI is InChI=1S/C25H31F3N6O2S/c1-32(2)13-5-12-29-24-21-6-3-4-7-22(21)30-23(31-24)18-33-14-16-34(17-15-33)37(35,36)20-10-8-19(9-11-20)25(26,27)28/h3-4,6-11H,5,12-18H2,1-2H3,(H,29,30,31). The number of hydrogen-bond acceptors (Lipinski definition) is 7. The fourth-order valence-electron chi connectivity index (χ4n) is 4.23. The molecule has 0 spiro atoms. The van der Waals surface area contributed by atoms with Gasteiger partial charge in [0.2, 0.25) is 10.0 Å². The highest BCUT2D eigenvalue weighted by molar-refractivity contribution is 7.89. The van der Waals surface area contributed by atoms with Crippen molar-refractivity contribution in [3.63, 3.8) is 0 Å². The molecule has 0 radical (unpaired) electrons. The van der Waals surface area contributed by atoms with E-state index in [4.69, 9.17) is 9.97 Å². The number of para-hydroxylation sites is 1. The van der Waals surface area contributed by atoms with Gasteiger partial charge in [0.25, 0.3) is 0 Å². The van der Waals surface area contributed by atoms with Gasteiger partial charge >= 0.3 is 6.18 Å². The Bertz CT molecular complexity index is 1310. The van der Waals surface area contributed by atoms with Crippen LogP contribution in [0.5, 0.6) is 0 Å². The largest absolute Gasteiger partial charge is 0.416 e. The average molecular weight is 537 g/mol. The van der Waals surface area contributed by atoms with E-state index in [2.05, 4.69) is 15.1 Å². The van der Waals surface area contributed by atoms with E-state index < -0.39 is 21.8 Å². The van der Waals surface area contributed by atoms with Crippen molar-refractivity contribution >= 4 is 26.7 Å². The van der Waals surface area contributed by atoms with Crippen molar-refractivity contribution in [1.29, 1.82) is 0 Å². The molecule has 200 valence electrons. The van der Waals surface area contributed by atoms with E-state index in [0.717, 1.165) is 60.5 Å². The van der Waals surface area contributed by atoms with Crippen LogP contribution in [0.15, 0.2) is 53.4 Å². The van der Waals surface area contributed by atoms with Gasteiger partial charge in [-0.15, -0.1) is 0 Å². The number of hydrogen-bond donors (Lipinski definition) is 1. The van der Waals surface area contributed by atoms with Crippen LogP contribution in [0.4, 0.5) is 19.0 Å². The molecule has 2 heterocycles. The van der Waals surface area contributed by atoms with Gasteiger partial charge < -0.3 is 10.2 Å². The van der Waals surface area contributed by atoms with Crippen molar-refractivity contribution < 1.29 is 21.6 Å². The summed E-state index contributed by atoms with van der Waals surface area (Å²) in [7, 11) is 0.188. The first kappa shape index (κ1) is 27.2. The molecule has 2 aromatic carbocycles. The molecule has 0 unspecified atom stereocenters. The van der Waals surface area contributed by atoms with Crippen molar-refractivity contribution in [2.75, 3.05) is 58.7 Å². The normalized spacial score (nSPS) is 15.9. The van der Waals surface area contributed by atoms with Crippen LogP contribution in [0.2, 0.25) is 0 Å². The molecular formula is C25H31F3N6O2S. The fourth-order valence-corrected chi connectivity index (χ4v) is 5.65. The Kier molecular flexibility index (Phi) is 8.32. The Balaban J connectivity index is 1.40. The number of halogens is 3. The summed E-state index contributed by atoms with van der Waals surface area (Å²) in [5.74, 6) is 1.43. The maximum atomic E-state index is 13.0. The van der Waals surface area contributed by atoms with Crippen molar-refractivity contribution in [2.24, 2.45) is 0 Å². The summed E-state index contributed by atoms with van der Waals surface area (Å²) in [6.07, 6.45) is -3.55. The lowest BCUT2D eigenvalue weighted by atomic mass is 10.2. The minimum Gasteiger partial charge on any atom is -0.369 e. The lowest BCUT2D eigenvalue weighted by molar-refractivity contribution is -0.137. The third kappa shape index (κ3) is 6.75. The second-order valence-electron chi connectivity index (χ2n) is 9.29. The zero-order chi connectivity index (χ0) is 26.6. The molecule has 0 bridgehead atoms. The van der Waals surface area contributed by atoms with Gasteiger partial charge in [-0.2, -0.15) is 17.5 Å². The molecule has 1 aliphatic rings. The smallest absolute Gasteiger partial charge is 0.369 e. The molecule has 0 aliphatic carbocycles. The third-order valence-electron chi connectivity index (χ3n) is 6.24. The first-order chi connectivity index (χ1) is 17.5. The topological polar surface area (TPSA) is 81.7 Å². The zero-order valence-corrected chi connectivity index (χ0v) is 21.7. The summed E-state index contributed by atoms with van der Waals surface area (Å²) >= 11 is 0. The summed E-state index contributed by atoms with van der Waals surface area (Å²) in [5.41, 5.74) is -0.0376. The number of rotatable bonds is 9. The lowest BCUT2D eigenvalue weighted by Gasteiger charge is -2.33. The number of sulfonamides is 1. The van der Waals surface area contributed by atoms with Crippen molar-refractivity contribution in [1.82, 2.24) is 24.1 Å². The van der Waals surface area contributed by atoms with Crippen molar-refractivity contribution in [3.05, 3.63) is 59.9 Å². The Labute approximate surface area is 215 Å². The van der Waals surface area contributed by atoms with Crippen LogP contribution in [0.25, 0.3) is 10.9 Å². The highest BCUT2D eigenvalue weighted by atomic mass is 32.2. The van der Waals surface area contributed by atoms with Gasteiger partial charge in [0.15, 0.2) is 0 Å². The molecule has 1 N–H and O–H groups in total. The van der Waals surface area contributed by atoms with Gasteiger partial charge in [-0.25, -0.2) is 18.4 Å². The van der Waals surface area contributed by atoms with E-state index in [1.54, 1.807) is 0 Å². The summed E-state index contributed by atoms with van der Waals surface area (Å²) in [5, 5.41) is 4.37. The molecule has 0 atom stereocenters. The molecule has 0 amide bonds. The number of fused-ring (bicyclic) bond motifs is 1. The number of nitrogens with zero attached hydrogens (tertiary/aromatic N) is 5. The molecule has 8 nitrogen and oxygen atoms in total. The summed E-state index contributed by atoms with van der Waals surface area (Å²) < 4.78 is 65.7. The summed E-state index contributed by atoms with van der Waals surface area (Å²) in [6.45, 7) is 3.58. The Morgan fingerprint density at radius 2 is 1.65 bits per heavy atom. The lowest BCUT2D eigenvalue weighted by Crippen LogP contribution is -2.48. The molecule has 1 aliphatic heterocycles. The maximum Gasteiger partial charge on any atom is 0.416 e. The van der Waals surface area contributed by atoms with Crippen molar-refractivity contribution in [3.8, 4) is 0 Å². The number of aromatic nitrogens is 2. The zero-order valence-electron chi connectivity index (χ0n) is 20.9. The molecule has 1 saturated heterocycles. The minimum atomic E-state index is -4.51. The molecule has 1 aromatic heterocycles. The number of anilines is 1. The molecule has 1 fully saturated rings. The quantitative estimate of drug-likeness (QED) is 0.419. The van der Waals surface area contributed by atoms with E-state index in [1.165, 1.54) is 4.31 Å². The predicted molar refractivity (Wildman–Crippen MR) is 137 cm³/mol. The van der Waals surface area contributed by atoms with Gasteiger partial charge in [-0.3, -0.25) is 4.90 Å². The second kappa shape index (κ2) is 11.3. The van der Waals surface area contributed by atoms with E-state index in [1.807, 2.05) is 38.4 Å². The van der Waals surface area contributed by atoms with Crippen molar-refractivity contribution in [2.45, 2.75) is 24.0 Å². The molecule has 0 saturated carbocycles. The van der Waals surface area contributed by atoms with Gasteiger partial charge in [0.05, 0.1) is 22.5 Å². The van der Waals surface area contributed by atoms with E-state index in [-0.39, 0.29) is 18.0 Å². The van der Waals surface area contributed by atoms with Crippen LogP contribution < -0.4 is 5.32 Å². The average Bonchev–Trinajstić information content (AvgIpc) is 2.86. The van der Waals surface area contributed by atoms with E-state index >= 15 is 0 Å². The van der Waals surface area contributed by atoms with Crippen LogP contribution >= 0.6 is 0 Å². The summed E-state index contributed by atoms with van der Waals surface area (Å²) in [4.78, 5) is 13.5. The first-order valence-corrected chi connectivity index (χ1v) is 13.5. The maximum absolute atomic E-state index is 13.0. The Hall–Kier alpha value is -2.80. The van der Waals surface area contributed by atoms with Crippen LogP contribution in [0.1, 0.15) is 17.8 Å². The Morgan fingerprint density at radius 1 is 0.973 bits per heavy atom. The van der Waals surface area contributed by atoms with Crippen LogP contribution in [0, 0.1) is 0 Å². The van der Waals surface area contributed by atoms with Gasteiger partial charge in [-0.05, 0) is 63.5 Å². The number of benzene rings is 2. The van der Waals surface area contributed by atoms with Gasteiger partial charge in [0.1, 0.15) is 11.6 Å². The molecule has 37 heavy (non-hydrogen) atoms. The highest BCUT2D eigenvalue weighted by Crippen LogP contribution is 2.30. The monoisotopic (exact) mass is 536 g/mol. The fraction of sp³-hybridized carbons (Fsp3) is 0.440. The second-order valence-corrected chi connectivity index (χ2v) is 11.2. The van der Waals surface area contributed by atoms with Gasteiger partial charge in [0, 0.05) is 38.1 Å².